The zero-order valence-electron chi connectivity index (χ0n) is 18.0. The Balaban J connectivity index is 2.08. The van der Waals surface area contributed by atoms with Crippen molar-refractivity contribution in [2.24, 2.45) is 0 Å². The molecule has 0 saturated heterocycles. The second kappa shape index (κ2) is 12.6. The third-order valence-electron chi connectivity index (χ3n) is 4.41. The largest absolute Gasteiger partial charge is 0.460 e. The van der Waals surface area contributed by atoms with Crippen molar-refractivity contribution in [1.29, 1.82) is 0 Å². The number of benzene rings is 2. The fourth-order valence-corrected chi connectivity index (χ4v) is 2.85. The van der Waals surface area contributed by atoms with Crippen LogP contribution in [0.5, 0.6) is 0 Å². The van der Waals surface area contributed by atoms with Crippen LogP contribution in [0.1, 0.15) is 45.7 Å². The van der Waals surface area contributed by atoms with Crippen LogP contribution in [0.25, 0.3) is 0 Å². The second-order valence-corrected chi connectivity index (χ2v) is 6.69. The van der Waals surface area contributed by atoms with Crippen molar-refractivity contribution in [3.63, 3.8) is 0 Å². The van der Waals surface area contributed by atoms with Gasteiger partial charge in [0.2, 0.25) is 0 Å². The summed E-state index contributed by atoms with van der Waals surface area (Å²) >= 11 is 0. The van der Waals surface area contributed by atoms with Crippen LogP contribution < -0.4 is 11.5 Å². The summed E-state index contributed by atoms with van der Waals surface area (Å²) in [6.45, 7) is 5.82. The number of rotatable bonds is 12. The molecule has 0 bridgehead atoms. The van der Waals surface area contributed by atoms with E-state index in [1.165, 1.54) is 0 Å². The summed E-state index contributed by atoms with van der Waals surface area (Å²) in [7, 11) is 0. The van der Waals surface area contributed by atoms with Gasteiger partial charge in [0.15, 0.2) is 0 Å². The smallest absolute Gasteiger partial charge is 0.340 e. The predicted octanol–water partition coefficient (Wildman–Crippen LogP) is 2.83. The molecule has 0 spiro atoms. The molecule has 31 heavy (non-hydrogen) atoms. The van der Waals surface area contributed by atoms with Crippen LogP contribution in [-0.2, 0) is 25.4 Å². The van der Waals surface area contributed by atoms with Crippen molar-refractivity contribution in [1.82, 2.24) is 0 Å². The lowest BCUT2D eigenvalue weighted by molar-refractivity contribution is 0.0331. The summed E-state index contributed by atoms with van der Waals surface area (Å²) in [4.78, 5) is 24.6. The molecule has 0 saturated carbocycles. The molecular formula is C23H30N2O6. The summed E-state index contributed by atoms with van der Waals surface area (Å²) in [5, 5.41) is 0. The molecule has 8 heteroatoms. The average Bonchev–Trinajstić information content (AvgIpc) is 2.76. The van der Waals surface area contributed by atoms with Crippen LogP contribution in [0.2, 0.25) is 0 Å². The fourth-order valence-electron chi connectivity index (χ4n) is 2.85. The number of nitrogen functional groups attached to an aromatic ring is 2. The lowest BCUT2D eigenvalue weighted by Gasteiger charge is -2.11. The molecule has 8 nitrogen and oxygen atoms in total. The molecule has 0 radical (unpaired) electrons. The monoisotopic (exact) mass is 430 g/mol. The maximum atomic E-state index is 12.3. The number of anilines is 2. The minimum atomic E-state index is -0.505. The Morgan fingerprint density at radius 1 is 0.710 bits per heavy atom. The van der Waals surface area contributed by atoms with Gasteiger partial charge >= 0.3 is 11.9 Å². The molecule has 0 aliphatic rings. The molecule has 2 aromatic rings. The van der Waals surface area contributed by atoms with Crippen molar-refractivity contribution in [2.45, 2.75) is 20.3 Å². The summed E-state index contributed by atoms with van der Waals surface area (Å²) in [5.74, 6) is -1.01. The van der Waals surface area contributed by atoms with Gasteiger partial charge in [-0.2, -0.15) is 0 Å². The Bertz CT molecular complexity index is 813. The van der Waals surface area contributed by atoms with Crippen molar-refractivity contribution < 1.29 is 28.5 Å². The number of nitrogens with two attached hydrogens (primary N) is 2. The van der Waals surface area contributed by atoms with Crippen LogP contribution in [0.4, 0.5) is 11.4 Å². The third-order valence-corrected chi connectivity index (χ3v) is 4.41. The van der Waals surface area contributed by atoms with Gasteiger partial charge in [0, 0.05) is 24.6 Å². The normalized spacial score (nSPS) is 10.6. The first-order valence-electron chi connectivity index (χ1n) is 10.2. The van der Waals surface area contributed by atoms with Crippen molar-refractivity contribution in [2.75, 3.05) is 51.1 Å². The van der Waals surface area contributed by atoms with Gasteiger partial charge in [-0.15, -0.1) is 0 Å². The lowest BCUT2D eigenvalue weighted by atomic mass is 9.99. The van der Waals surface area contributed by atoms with E-state index in [-0.39, 0.29) is 13.2 Å². The Kier molecular flexibility index (Phi) is 9.80. The van der Waals surface area contributed by atoms with Crippen LogP contribution in [0.3, 0.4) is 0 Å². The highest BCUT2D eigenvalue weighted by atomic mass is 16.6. The van der Waals surface area contributed by atoms with E-state index in [0.717, 1.165) is 11.1 Å². The maximum Gasteiger partial charge on any atom is 0.340 e. The van der Waals surface area contributed by atoms with E-state index in [4.69, 9.17) is 30.4 Å². The molecular weight excluding hydrogens is 400 g/mol. The molecule has 0 aliphatic carbocycles. The molecule has 0 atom stereocenters. The highest BCUT2D eigenvalue weighted by Gasteiger charge is 2.15. The van der Waals surface area contributed by atoms with Gasteiger partial charge in [0.05, 0.1) is 24.3 Å². The van der Waals surface area contributed by atoms with Gasteiger partial charge in [-0.3, -0.25) is 0 Å². The number of esters is 2. The highest BCUT2D eigenvalue weighted by Crippen LogP contribution is 2.21. The Morgan fingerprint density at radius 2 is 1.13 bits per heavy atom. The van der Waals surface area contributed by atoms with E-state index in [0.29, 0.717) is 55.4 Å². The lowest BCUT2D eigenvalue weighted by Crippen LogP contribution is -2.13. The summed E-state index contributed by atoms with van der Waals surface area (Å²) in [6, 6.07) is 10.3. The molecule has 4 N–H and O–H groups in total. The first kappa shape index (κ1) is 24.2. The summed E-state index contributed by atoms with van der Waals surface area (Å²) < 4.78 is 20.7. The summed E-state index contributed by atoms with van der Waals surface area (Å²) in [5.41, 5.74) is 14.8. The minimum Gasteiger partial charge on any atom is -0.460 e. The van der Waals surface area contributed by atoms with Crippen molar-refractivity contribution in [3.05, 3.63) is 58.7 Å². The molecule has 0 fully saturated rings. The van der Waals surface area contributed by atoms with Gasteiger partial charge in [-0.25, -0.2) is 9.59 Å². The average molecular weight is 431 g/mol. The number of hydrogen-bond donors (Lipinski definition) is 2. The topological polar surface area (TPSA) is 123 Å². The van der Waals surface area contributed by atoms with Gasteiger partial charge in [-0.05, 0) is 55.7 Å². The zero-order valence-corrected chi connectivity index (χ0v) is 18.0. The van der Waals surface area contributed by atoms with E-state index in [1.54, 1.807) is 24.3 Å². The fraction of sp³-hybridized carbons (Fsp3) is 0.391. The molecule has 0 aromatic heterocycles. The van der Waals surface area contributed by atoms with E-state index in [2.05, 4.69) is 0 Å². The van der Waals surface area contributed by atoms with Gasteiger partial charge in [-0.1, -0.05) is 12.1 Å². The van der Waals surface area contributed by atoms with Crippen molar-refractivity contribution in [3.8, 4) is 0 Å². The first-order valence-corrected chi connectivity index (χ1v) is 10.2. The Labute approximate surface area is 182 Å². The third kappa shape index (κ3) is 7.58. The second-order valence-electron chi connectivity index (χ2n) is 6.69. The van der Waals surface area contributed by atoms with E-state index in [9.17, 15) is 9.59 Å². The van der Waals surface area contributed by atoms with Crippen LogP contribution >= 0.6 is 0 Å². The SMILES string of the molecule is CCOCCOC(=O)c1cc(Cc2ccc(N)c(C(=O)OCCOCC)c2)ccc1N. The van der Waals surface area contributed by atoms with Crippen LogP contribution in [0, 0.1) is 0 Å². The molecule has 2 rings (SSSR count). The first-order chi connectivity index (χ1) is 15.0. The standard InChI is InChI=1S/C23H30N2O6/c1-3-28-9-11-30-22(26)18-14-16(5-7-20(18)24)13-17-6-8-21(25)19(15-17)23(27)31-12-10-29-4-2/h5-8,14-15H,3-4,9-13,24-25H2,1-2H3. The summed E-state index contributed by atoms with van der Waals surface area (Å²) in [6.07, 6.45) is 0.471. The van der Waals surface area contributed by atoms with Gasteiger partial charge in [0.25, 0.3) is 0 Å². The molecule has 0 unspecified atom stereocenters. The van der Waals surface area contributed by atoms with Crippen LogP contribution in [-0.4, -0.2) is 51.6 Å². The highest BCUT2D eigenvalue weighted by molar-refractivity contribution is 5.96. The van der Waals surface area contributed by atoms with Crippen LogP contribution in [0.15, 0.2) is 36.4 Å². The molecule has 0 heterocycles. The number of ether oxygens (including phenoxy) is 4. The molecule has 0 amide bonds. The van der Waals surface area contributed by atoms with Crippen molar-refractivity contribution >= 4 is 23.3 Å². The van der Waals surface area contributed by atoms with Gasteiger partial charge in [0.1, 0.15) is 13.2 Å². The predicted molar refractivity (Wildman–Crippen MR) is 118 cm³/mol. The molecule has 0 aliphatic heterocycles. The Morgan fingerprint density at radius 3 is 1.52 bits per heavy atom. The minimum absolute atomic E-state index is 0.156. The maximum absolute atomic E-state index is 12.3. The number of carbonyl (C=O) groups excluding carboxylic acids is 2. The number of hydrogen-bond acceptors (Lipinski definition) is 8. The van der Waals surface area contributed by atoms with E-state index < -0.39 is 11.9 Å². The van der Waals surface area contributed by atoms with E-state index >= 15 is 0 Å². The van der Waals surface area contributed by atoms with Gasteiger partial charge < -0.3 is 30.4 Å². The molecule has 2 aromatic carbocycles. The number of carbonyl (C=O) groups is 2. The quantitative estimate of drug-likeness (QED) is 0.299. The van der Waals surface area contributed by atoms with E-state index in [1.807, 2.05) is 26.0 Å². The zero-order chi connectivity index (χ0) is 22.6. The Hall–Kier alpha value is -3.10. The molecule has 168 valence electrons.